The van der Waals surface area contributed by atoms with Crippen LogP contribution in [0.25, 0.3) is 0 Å². The first-order chi connectivity index (χ1) is 14.0. The highest BCUT2D eigenvalue weighted by Crippen LogP contribution is 2.59. The van der Waals surface area contributed by atoms with Crippen LogP contribution in [0.15, 0.2) is 12.3 Å². The number of halogens is 1. The summed E-state index contributed by atoms with van der Waals surface area (Å²) in [5, 5.41) is 16.0. The molecule has 0 saturated heterocycles. The Bertz CT molecular complexity index is 704. The number of carbonyl (C=O) groups excluding carboxylic acids is 1. The predicted molar refractivity (Wildman–Crippen MR) is 115 cm³/mol. The largest absolute Gasteiger partial charge is 0.395 e. The molecule has 1 atom stereocenters. The van der Waals surface area contributed by atoms with Gasteiger partial charge in [-0.25, -0.2) is 0 Å². The van der Waals surface area contributed by atoms with Gasteiger partial charge in [0.25, 0.3) is 5.91 Å². The van der Waals surface area contributed by atoms with Crippen molar-refractivity contribution in [2.75, 3.05) is 19.7 Å². The number of aromatic nitrogens is 1. The summed E-state index contributed by atoms with van der Waals surface area (Å²) in [5.74, 6) is 2.59. The van der Waals surface area contributed by atoms with Crippen LogP contribution in [0.2, 0.25) is 5.02 Å². The number of aryl methyl sites for hydroxylation is 1. The quantitative estimate of drug-likeness (QED) is 0.535. The lowest BCUT2D eigenvalue weighted by Gasteiger charge is -2.56. The van der Waals surface area contributed by atoms with E-state index in [2.05, 4.69) is 15.6 Å². The van der Waals surface area contributed by atoms with E-state index in [-0.39, 0.29) is 18.6 Å². The maximum Gasteiger partial charge on any atom is 0.252 e. The molecule has 160 valence electrons. The standard InChI is InChI=1S/C23H34ClN3O2/c1-15(13-28)25-4-2-3-19-8-20(21(24)12-26-19)22(29)27-14-23-9-16-5-17(10-23)7-18(6-16)11-23/h8,12,15-18,25,28H,2-7,9-11,13-14H2,1H3,(H,27,29)/t15-,16?,17?,18?,23?/m1/s1. The number of nitrogens with one attached hydrogen (secondary N) is 2. The molecule has 4 aliphatic rings. The zero-order valence-electron chi connectivity index (χ0n) is 17.4. The molecule has 0 unspecified atom stereocenters. The Morgan fingerprint density at radius 1 is 1.28 bits per heavy atom. The highest BCUT2D eigenvalue weighted by Gasteiger charge is 2.50. The van der Waals surface area contributed by atoms with E-state index in [0.29, 0.717) is 16.0 Å². The van der Waals surface area contributed by atoms with Gasteiger partial charge in [0, 0.05) is 24.5 Å². The molecule has 4 fully saturated rings. The SMILES string of the molecule is C[C@H](CO)NCCCc1cc(C(=O)NCC23CC4CC(CC(C4)C2)C3)c(Cl)cn1. The first-order valence-electron chi connectivity index (χ1n) is 11.2. The van der Waals surface area contributed by atoms with E-state index in [1.807, 2.05) is 13.0 Å². The van der Waals surface area contributed by atoms with Crippen molar-refractivity contribution < 1.29 is 9.90 Å². The van der Waals surface area contributed by atoms with Gasteiger partial charge in [-0.2, -0.15) is 0 Å². The van der Waals surface area contributed by atoms with Crippen LogP contribution in [0.5, 0.6) is 0 Å². The lowest BCUT2D eigenvalue weighted by atomic mass is 9.49. The van der Waals surface area contributed by atoms with Gasteiger partial charge in [-0.05, 0) is 94.1 Å². The van der Waals surface area contributed by atoms with Gasteiger partial charge in [-0.15, -0.1) is 0 Å². The lowest BCUT2D eigenvalue weighted by molar-refractivity contribution is -0.0503. The van der Waals surface area contributed by atoms with Gasteiger partial charge in [0.05, 0.1) is 17.2 Å². The molecule has 1 amide bonds. The molecule has 5 nitrogen and oxygen atoms in total. The first-order valence-corrected chi connectivity index (χ1v) is 11.6. The fraction of sp³-hybridized carbons (Fsp3) is 0.739. The molecule has 4 aliphatic carbocycles. The molecule has 0 spiro atoms. The van der Waals surface area contributed by atoms with Gasteiger partial charge in [-0.1, -0.05) is 11.6 Å². The van der Waals surface area contributed by atoms with Crippen LogP contribution in [0, 0.1) is 23.2 Å². The summed E-state index contributed by atoms with van der Waals surface area (Å²) in [4.78, 5) is 17.3. The average Bonchev–Trinajstić information content (AvgIpc) is 2.69. The highest BCUT2D eigenvalue weighted by atomic mass is 35.5. The summed E-state index contributed by atoms with van der Waals surface area (Å²) >= 11 is 6.30. The molecule has 1 heterocycles. The Hall–Kier alpha value is -1.17. The summed E-state index contributed by atoms with van der Waals surface area (Å²) in [6.07, 6.45) is 11.4. The number of carbonyl (C=O) groups is 1. The van der Waals surface area contributed by atoms with Crippen molar-refractivity contribution in [2.24, 2.45) is 23.2 Å². The number of hydrogen-bond acceptors (Lipinski definition) is 4. The van der Waals surface area contributed by atoms with E-state index in [0.717, 1.165) is 49.4 Å². The summed E-state index contributed by atoms with van der Waals surface area (Å²) < 4.78 is 0. The molecule has 1 aromatic rings. The fourth-order valence-corrected chi connectivity index (χ4v) is 6.53. The molecule has 0 aliphatic heterocycles. The molecule has 3 N–H and O–H groups in total. The fourth-order valence-electron chi connectivity index (χ4n) is 6.34. The van der Waals surface area contributed by atoms with Crippen molar-refractivity contribution in [3.05, 3.63) is 28.5 Å². The Labute approximate surface area is 179 Å². The van der Waals surface area contributed by atoms with E-state index >= 15 is 0 Å². The number of amides is 1. The van der Waals surface area contributed by atoms with Crippen LogP contribution in [0.1, 0.15) is 67.9 Å². The monoisotopic (exact) mass is 419 g/mol. The van der Waals surface area contributed by atoms with Crippen LogP contribution in [0.3, 0.4) is 0 Å². The molecule has 6 heteroatoms. The zero-order valence-corrected chi connectivity index (χ0v) is 18.2. The molecule has 5 rings (SSSR count). The van der Waals surface area contributed by atoms with Crippen molar-refractivity contribution in [2.45, 2.75) is 64.3 Å². The van der Waals surface area contributed by atoms with Crippen molar-refractivity contribution in [1.82, 2.24) is 15.6 Å². The first kappa shape index (κ1) is 21.1. The summed E-state index contributed by atoms with van der Waals surface area (Å²) in [6.45, 7) is 3.67. The van der Waals surface area contributed by atoms with E-state index in [1.54, 1.807) is 6.20 Å². The molecule has 4 saturated carbocycles. The zero-order chi connectivity index (χ0) is 20.4. The molecule has 0 radical (unpaired) electrons. The normalized spacial score (nSPS) is 31.1. The number of aliphatic hydroxyl groups is 1. The maximum atomic E-state index is 12.9. The van der Waals surface area contributed by atoms with Crippen LogP contribution in [0.4, 0.5) is 0 Å². The average molecular weight is 420 g/mol. The van der Waals surface area contributed by atoms with Gasteiger partial charge in [-0.3, -0.25) is 9.78 Å². The van der Waals surface area contributed by atoms with Gasteiger partial charge in [0.1, 0.15) is 0 Å². The minimum Gasteiger partial charge on any atom is -0.395 e. The predicted octanol–water partition coefficient (Wildman–Crippen LogP) is 3.58. The van der Waals surface area contributed by atoms with Crippen LogP contribution in [-0.2, 0) is 6.42 Å². The third-order valence-corrected chi connectivity index (χ3v) is 7.62. The Kier molecular flexibility index (Phi) is 6.47. The van der Waals surface area contributed by atoms with Crippen LogP contribution < -0.4 is 10.6 Å². The Morgan fingerprint density at radius 3 is 2.55 bits per heavy atom. The third kappa shape index (κ3) is 4.95. The number of aliphatic hydroxyl groups excluding tert-OH is 1. The Balaban J connectivity index is 1.32. The number of pyridine rings is 1. The molecule has 0 aromatic carbocycles. The van der Waals surface area contributed by atoms with E-state index in [1.165, 1.54) is 38.5 Å². The van der Waals surface area contributed by atoms with E-state index in [4.69, 9.17) is 16.7 Å². The Morgan fingerprint density at radius 2 is 1.93 bits per heavy atom. The molecule has 29 heavy (non-hydrogen) atoms. The molecular formula is C23H34ClN3O2. The van der Waals surface area contributed by atoms with Gasteiger partial charge in [0.15, 0.2) is 0 Å². The second kappa shape index (κ2) is 8.91. The molecule has 4 bridgehead atoms. The second-order valence-electron chi connectivity index (χ2n) is 9.90. The van der Waals surface area contributed by atoms with Crippen molar-refractivity contribution in [3.63, 3.8) is 0 Å². The highest BCUT2D eigenvalue weighted by molar-refractivity contribution is 6.33. The smallest absolute Gasteiger partial charge is 0.252 e. The number of rotatable bonds is 9. The minimum atomic E-state index is -0.0681. The van der Waals surface area contributed by atoms with Crippen LogP contribution >= 0.6 is 11.6 Å². The lowest BCUT2D eigenvalue weighted by Crippen LogP contribution is -2.51. The van der Waals surface area contributed by atoms with Gasteiger partial charge < -0.3 is 15.7 Å². The maximum absolute atomic E-state index is 12.9. The number of nitrogens with zero attached hydrogens (tertiary/aromatic N) is 1. The summed E-state index contributed by atoms with van der Waals surface area (Å²) in [5.41, 5.74) is 1.74. The van der Waals surface area contributed by atoms with Crippen molar-refractivity contribution in [1.29, 1.82) is 0 Å². The molecular weight excluding hydrogens is 386 g/mol. The van der Waals surface area contributed by atoms with Crippen molar-refractivity contribution >= 4 is 17.5 Å². The number of hydrogen-bond donors (Lipinski definition) is 3. The summed E-state index contributed by atoms with van der Waals surface area (Å²) in [6, 6.07) is 1.94. The van der Waals surface area contributed by atoms with Crippen LogP contribution in [-0.4, -0.2) is 41.7 Å². The van der Waals surface area contributed by atoms with Crippen molar-refractivity contribution in [3.8, 4) is 0 Å². The van der Waals surface area contributed by atoms with E-state index < -0.39 is 0 Å². The van der Waals surface area contributed by atoms with Gasteiger partial charge >= 0.3 is 0 Å². The van der Waals surface area contributed by atoms with E-state index in [9.17, 15) is 4.79 Å². The second-order valence-corrected chi connectivity index (χ2v) is 10.3. The minimum absolute atomic E-state index is 0.0681. The van der Waals surface area contributed by atoms with Gasteiger partial charge in [0.2, 0.25) is 0 Å². The third-order valence-electron chi connectivity index (χ3n) is 7.32. The topological polar surface area (TPSA) is 74.2 Å². The summed E-state index contributed by atoms with van der Waals surface area (Å²) in [7, 11) is 0. The molecule has 1 aromatic heterocycles.